The molecule has 5 nitrogen and oxygen atoms in total. The first-order chi connectivity index (χ1) is 15.0. The quantitative estimate of drug-likeness (QED) is 0.512. The Morgan fingerprint density at radius 2 is 1.84 bits per heavy atom. The summed E-state index contributed by atoms with van der Waals surface area (Å²) in [5, 5.41) is 4.59. The van der Waals surface area contributed by atoms with Crippen molar-refractivity contribution in [3.63, 3.8) is 0 Å². The highest BCUT2D eigenvalue weighted by atomic mass is 35.5. The minimum absolute atomic E-state index is 0.251. The van der Waals surface area contributed by atoms with E-state index in [0.717, 1.165) is 67.1 Å². The Morgan fingerprint density at radius 3 is 2.47 bits per heavy atom. The lowest BCUT2D eigenvalue weighted by molar-refractivity contribution is 0.0484. The number of carbonyl (C=O) groups is 1. The Bertz CT molecular complexity index is 723. The molecule has 32 heavy (non-hydrogen) atoms. The van der Waals surface area contributed by atoms with Crippen LogP contribution in [0.25, 0.3) is 0 Å². The number of nitrogens with zero attached hydrogens (tertiary/aromatic N) is 2. The lowest BCUT2D eigenvalue weighted by atomic mass is 9.84. The molecular formula is C25H41Cl2N3O2. The number of allylic oxidation sites excluding steroid dienone is 3. The van der Waals surface area contributed by atoms with Crippen molar-refractivity contribution >= 4 is 29.3 Å². The van der Waals surface area contributed by atoms with Gasteiger partial charge in [-0.3, -0.25) is 4.90 Å². The van der Waals surface area contributed by atoms with Crippen LogP contribution in [0.4, 0.5) is 4.79 Å². The van der Waals surface area contributed by atoms with Gasteiger partial charge in [-0.2, -0.15) is 0 Å². The van der Waals surface area contributed by atoms with Crippen molar-refractivity contribution in [1.29, 1.82) is 0 Å². The second-order valence-corrected chi connectivity index (χ2v) is 11.7. The number of amides is 1. The van der Waals surface area contributed by atoms with Crippen LogP contribution in [-0.4, -0.2) is 59.8 Å². The first kappa shape index (κ1) is 25.7. The normalized spacial score (nSPS) is 30.2. The Labute approximate surface area is 204 Å². The minimum atomic E-state index is -0.442. The summed E-state index contributed by atoms with van der Waals surface area (Å²) in [6.45, 7) is 14.4. The highest BCUT2D eigenvalue weighted by molar-refractivity contribution is 6.41. The SMILES string of the molecule is CC1CC=C(N2CCN(CCC3CCC(NC(=O)OC(C)(C)C)CC3)C[C@H]2C)C(Cl)=C1Cl. The number of carbonyl (C=O) groups excluding carboxylic acids is 1. The molecule has 0 aromatic heterocycles. The number of ether oxygens (including phenoxy) is 1. The van der Waals surface area contributed by atoms with Crippen LogP contribution in [0, 0.1) is 11.8 Å². The Hall–Kier alpha value is -0.910. The molecule has 0 bridgehead atoms. The van der Waals surface area contributed by atoms with Crippen LogP contribution in [0.1, 0.15) is 73.1 Å². The molecule has 2 atom stereocenters. The zero-order valence-corrected chi connectivity index (χ0v) is 21.9. The lowest BCUT2D eigenvalue weighted by Crippen LogP contribution is -2.51. The van der Waals surface area contributed by atoms with Gasteiger partial charge in [0.05, 0.1) is 10.7 Å². The highest BCUT2D eigenvalue weighted by Gasteiger charge is 2.30. The van der Waals surface area contributed by atoms with E-state index >= 15 is 0 Å². The van der Waals surface area contributed by atoms with Crippen molar-refractivity contribution in [3.8, 4) is 0 Å². The fourth-order valence-corrected chi connectivity index (χ4v) is 5.65. The number of hydrogen-bond donors (Lipinski definition) is 1. The fourth-order valence-electron chi connectivity index (χ4n) is 5.09. The summed E-state index contributed by atoms with van der Waals surface area (Å²) < 4.78 is 5.39. The molecule has 1 saturated carbocycles. The van der Waals surface area contributed by atoms with Gasteiger partial charge in [0.15, 0.2) is 0 Å². The van der Waals surface area contributed by atoms with Crippen LogP contribution >= 0.6 is 23.2 Å². The Kier molecular flexibility index (Phi) is 8.85. The summed E-state index contributed by atoms with van der Waals surface area (Å²) in [5.41, 5.74) is 0.681. The average molecular weight is 487 g/mol. The van der Waals surface area contributed by atoms with Gasteiger partial charge in [-0.25, -0.2) is 4.79 Å². The molecule has 1 N–H and O–H groups in total. The summed E-state index contributed by atoms with van der Waals surface area (Å²) in [4.78, 5) is 17.0. The highest BCUT2D eigenvalue weighted by Crippen LogP contribution is 2.37. The molecule has 3 aliphatic rings. The topological polar surface area (TPSA) is 44.8 Å². The van der Waals surface area contributed by atoms with Crippen LogP contribution < -0.4 is 5.32 Å². The van der Waals surface area contributed by atoms with Crippen LogP contribution in [0.5, 0.6) is 0 Å². The van der Waals surface area contributed by atoms with E-state index in [-0.39, 0.29) is 12.1 Å². The third-order valence-corrected chi connectivity index (χ3v) is 8.03. The second kappa shape index (κ2) is 11.0. The maximum atomic E-state index is 12.0. The predicted octanol–water partition coefficient (Wildman–Crippen LogP) is 6.08. The molecule has 0 aromatic carbocycles. The van der Waals surface area contributed by atoms with E-state index in [2.05, 4.69) is 35.0 Å². The second-order valence-electron chi connectivity index (χ2n) is 10.9. The Morgan fingerprint density at radius 1 is 1.16 bits per heavy atom. The molecule has 2 aliphatic carbocycles. The van der Waals surface area contributed by atoms with Crippen molar-refractivity contribution in [3.05, 3.63) is 21.8 Å². The minimum Gasteiger partial charge on any atom is -0.444 e. The van der Waals surface area contributed by atoms with Crippen molar-refractivity contribution in [1.82, 2.24) is 15.1 Å². The molecule has 182 valence electrons. The lowest BCUT2D eigenvalue weighted by Gasteiger charge is -2.43. The third kappa shape index (κ3) is 7.04. The summed E-state index contributed by atoms with van der Waals surface area (Å²) in [5.74, 6) is 1.07. The van der Waals surface area contributed by atoms with Crippen LogP contribution in [0.15, 0.2) is 21.8 Å². The largest absolute Gasteiger partial charge is 0.444 e. The maximum Gasteiger partial charge on any atom is 0.407 e. The van der Waals surface area contributed by atoms with Gasteiger partial charge in [0.1, 0.15) is 5.60 Å². The van der Waals surface area contributed by atoms with E-state index in [1.165, 1.54) is 19.3 Å². The number of alkyl carbamates (subject to hydrolysis) is 1. The molecule has 0 aromatic rings. The predicted molar refractivity (Wildman–Crippen MR) is 133 cm³/mol. The summed E-state index contributed by atoms with van der Waals surface area (Å²) in [6.07, 6.45) is 8.63. The van der Waals surface area contributed by atoms with Crippen molar-refractivity contribution in [2.45, 2.75) is 90.8 Å². The number of hydrogen-bond acceptors (Lipinski definition) is 4. The summed E-state index contributed by atoms with van der Waals surface area (Å²) >= 11 is 13.0. The van der Waals surface area contributed by atoms with Crippen molar-refractivity contribution in [2.24, 2.45) is 11.8 Å². The molecule has 3 rings (SSSR count). The van der Waals surface area contributed by atoms with E-state index in [0.29, 0.717) is 12.0 Å². The van der Waals surface area contributed by atoms with Gasteiger partial charge in [-0.15, -0.1) is 0 Å². The molecular weight excluding hydrogens is 445 g/mol. The third-order valence-electron chi connectivity index (χ3n) is 6.97. The van der Waals surface area contributed by atoms with Gasteiger partial charge in [-0.05, 0) is 84.6 Å². The zero-order valence-electron chi connectivity index (χ0n) is 20.4. The fraction of sp³-hybridized carbons (Fsp3) is 0.800. The number of piperazine rings is 1. The summed E-state index contributed by atoms with van der Waals surface area (Å²) in [6, 6.07) is 0.677. The zero-order chi connectivity index (χ0) is 23.5. The molecule has 0 radical (unpaired) electrons. The molecule has 1 amide bonds. The molecule has 0 spiro atoms. The summed E-state index contributed by atoms with van der Waals surface area (Å²) in [7, 11) is 0. The number of rotatable bonds is 5. The van der Waals surface area contributed by atoms with Gasteiger partial charge in [0, 0.05) is 36.8 Å². The van der Waals surface area contributed by atoms with Gasteiger partial charge in [0.25, 0.3) is 0 Å². The standard InChI is InChI=1S/C25H41Cl2N3O2/c1-17-6-11-21(23(27)22(17)26)30-15-14-29(16-18(30)2)13-12-19-7-9-20(10-8-19)28-24(31)32-25(3,4)5/h11,17-20H,6-10,12-16H2,1-5H3,(H,28,31)/t17?,18-,19?,20?/m1/s1. The molecule has 7 heteroatoms. The monoisotopic (exact) mass is 485 g/mol. The van der Waals surface area contributed by atoms with Crippen LogP contribution in [0.3, 0.4) is 0 Å². The van der Waals surface area contributed by atoms with E-state index in [1.807, 2.05) is 20.8 Å². The average Bonchev–Trinajstić information content (AvgIpc) is 2.71. The van der Waals surface area contributed by atoms with Crippen molar-refractivity contribution < 1.29 is 9.53 Å². The smallest absolute Gasteiger partial charge is 0.407 e. The van der Waals surface area contributed by atoms with Gasteiger partial charge >= 0.3 is 6.09 Å². The molecule has 2 fully saturated rings. The van der Waals surface area contributed by atoms with E-state index in [9.17, 15) is 4.79 Å². The molecule has 1 aliphatic heterocycles. The first-order valence-electron chi connectivity index (χ1n) is 12.3. The van der Waals surface area contributed by atoms with Gasteiger partial charge in [-0.1, -0.05) is 36.2 Å². The number of nitrogens with one attached hydrogen (secondary N) is 1. The molecule has 1 unspecified atom stereocenters. The van der Waals surface area contributed by atoms with E-state index in [1.54, 1.807) is 0 Å². The van der Waals surface area contributed by atoms with E-state index in [4.69, 9.17) is 27.9 Å². The number of halogens is 2. The van der Waals surface area contributed by atoms with Crippen LogP contribution in [0.2, 0.25) is 0 Å². The Balaban J connectivity index is 1.38. The molecule has 1 heterocycles. The molecule has 1 saturated heterocycles. The maximum absolute atomic E-state index is 12.0. The van der Waals surface area contributed by atoms with Crippen LogP contribution in [-0.2, 0) is 4.74 Å². The van der Waals surface area contributed by atoms with Gasteiger partial charge < -0.3 is 15.0 Å². The van der Waals surface area contributed by atoms with Crippen molar-refractivity contribution in [2.75, 3.05) is 26.2 Å². The van der Waals surface area contributed by atoms with Gasteiger partial charge in [0.2, 0.25) is 0 Å². The first-order valence-corrected chi connectivity index (χ1v) is 13.0. The van der Waals surface area contributed by atoms with E-state index < -0.39 is 5.60 Å².